The Hall–Kier alpha value is -2.12. The molecule has 0 atom stereocenters. The number of para-hydroxylation sites is 1. The van der Waals surface area contributed by atoms with E-state index in [4.69, 9.17) is 0 Å². The van der Waals surface area contributed by atoms with Crippen molar-refractivity contribution in [3.05, 3.63) is 45.6 Å². The first-order valence-corrected chi connectivity index (χ1v) is 9.76. The molecular formula is C18H20N4OS2. The molecule has 1 aromatic carbocycles. The van der Waals surface area contributed by atoms with E-state index in [9.17, 15) is 4.79 Å². The molecule has 1 amide bonds. The molecule has 2 heterocycles. The van der Waals surface area contributed by atoms with Crippen LogP contribution in [0.4, 0.5) is 5.69 Å². The Morgan fingerprint density at radius 2 is 1.96 bits per heavy atom. The van der Waals surface area contributed by atoms with Crippen LogP contribution in [0.25, 0.3) is 11.4 Å². The van der Waals surface area contributed by atoms with Crippen molar-refractivity contribution in [3.63, 3.8) is 0 Å². The van der Waals surface area contributed by atoms with E-state index >= 15 is 0 Å². The van der Waals surface area contributed by atoms with Gasteiger partial charge in [-0.3, -0.25) is 4.79 Å². The average molecular weight is 373 g/mol. The number of anilines is 1. The minimum Gasteiger partial charge on any atom is -0.325 e. The molecule has 0 unspecified atom stereocenters. The second-order valence-electron chi connectivity index (χ2n) is 5.91. The third-order valence-electron chi connectivity index (χ3n) is 3.90. The fraction of sp³-hybridized carbons (Fsp3) is 0.278. The molecular weight excluding hydrogens is 352 g/mol. The number of aromatic nitrogens is 3. The largest absolute Gasteiger partial charge is 0.325 e. The molecule has 5 nitrogen and oxygen atoms in total. The number of benzene rings is 1. The number of nitrogens with one attached hydrogen (secondary N) is 1. The minimum atomic E-state index is -0.0432. The number of thioether (sulfide) groups is 1. The third-order valence-corrected chi connectivity index (χ3v) is 5.78. The summed E-state index contributed by atoms with van der Waals surface area (Å²) in [5.74, 6) is 1.07. The van der Waals surface area contributed by atoms with Gasteiger partial charge in [0.15, 0.2) is 11.0 Å². The van der Waals surface area contributed by atoms with Crippen LogP contribution in [0, 0.1) is 20.8 Å². The van der Waals surface area contributed by atoms with Crippen molar-refractivity contribution in [2.45, 2.75) is 25.9 Å². The van der Waals surface area contributed by atoms with Crippen LogP contribution < -0.4 is 5.32 Å². The lowest BCUT2D eigenvalue weighted by atomic mass is 10.1. The summed E-state index contributed by atoms with van der Waals surface area (Å²) in [5.41, 5.74) is 4.07. The maximum atomic E-state index is 12.3. The van der Waals surface area contributed by atoms with Crippen LogP contribution in [-0.4, -0.2) is 26.4 Å². The second-order valence-corrected chi connectivity index (χ2v) is 7.97. The Bertz CT molecular complexity index is 893. The van der Waals surface area contributed by atoms with Crippen molar-refractivity contribution in [2.75, 3.05) is 11.1 Å². The van der Waals surface area contributed by atoms with E-state index in [1.54, 1.807) is 11.3 Å². The normalized spacial score (nSPS) is 10.9. The zero-order chi connectivity index (χ0) is 18.0. The summed E-state index contributed by atoms with van der Waals surface area (Å²) in [7, 11) is 1.92. The van der Waals surface area contributed by atoms with Gasteiger partial charge in [-0.25, -0.2) is 0 Å². The van der Waals surface area contributed by atoms with Crippen molar-refractivity contribution in [1.82, 2.24) is 14.8 Å². The molecule has 0 spiro atoms. The van der Waals surface area contributed by atoms with E-state index in [-0.39, 0.29) is 5.91 Å². The number of hydrogen-bond donors (Lipinski definition) is 1. The summed E-state index contributed by atoms with van der Waals surface area (Å²) >= 11 is 3.08. The molecule has 7 heteroatoms. The zero-order valence-electron chi connectivity index (χ0n) is 14.7. The fourth-order valence-corrected chi connectivity index (χ4v) is 3.96. The summed E-state index contributed by atoms with van der Waals surface area (Å²) in [5, 5.41) is 14.3. The number of carbonyl (C=O) groups is 1. The Kier molecular flexibility index (Phi) is 5.24. The van der Waals surface area contributed by atoms with E-state index in [0.29, 0.717) is 5.75 Å². The van der Waals surface area contributed by atoms with Gasteiger partial charge in [0.1, 0.15) is 0 Å². The number of thiophene rings is 1. The number of rotatable bonds is 5. The highest BCUT2D eigenvalue weighted by Crippen LogP contribution is 2.26. The van der Waals surface area contributed by atoms with Gasteiger partial charge in [-0.15, -0.1) is 21.5 Å². The quantitative estimate of drug-likeness (QED) is 0.682. The molecule has 0 radical (unpaired) electrons. The molecule has 0 bridgehead atoms. The predicted octanol–water partition coefficient (Wildman–Crippen LogP) is 4.20. The highest BCUT2D eigenvalue weighted by molar-refractivity contribution is 7.99. The molecule has 25 heavy (non-hydrogen) atoms. The maximum Gasteiger partial charge on any atom is 0.234 e. The van der Waals surface area contributed by atoms with Gasteiger partial charge in [0.25, 0.3) is 0 Å². The maximum absolute atomic E-state index is 12.3. The fourth-order valence-electron chi connectivity index (χ4n) is 2.57. The van der Waals surface area contributed by atoms with Gasteiger partial charge in [-0.05, 0) is 38.0 Å². The molecule has 3 rings (SSSR count). The Morgan fingerprint density at radius 1 is 1.24 bits per heavy atom. The Labute approximate surface area is 155 Å². The van der Waals surface area contributed by atoms with E-state index in [1.807, 2.05) is 43.7 Å². The van der Waals surface area contributed by atoms with Crippen LogP contribution in [0.1, 0.15) is 16.0 Å². The standard InChI is InChI=1S/C18H20N4OS2/c1-11-6-5-7-12(2)16(11)19-15(23)10-25-18-21-20-17(22(18)4)14-8-13(3)24-9-14/h5-9H,10H2,1-4H3,(H,19,23). The monoisotopic (exact) mass is 372 g/mol. The SMILES string of the molecule is Cc1cc(-c2nnc(SCC(=O)Nc3c(C)cccc3C)n2C)cs1. The van der Waals surface area contributed by atoms with E-state index < -0.39 is 0 Å². The summed E-state index contributed by atoms with van der Waals surface area (Å²) in [6.45, 7) is 6.05. The van der Waals surface area contributed by atoms with E-state index in [0.717, 1.165) is 33.4 Å². The van der Waals surface area contributed by atoms with Crippen LogP contribution >= 0.6 is 23.1 Å². The molecule has 0 aliphatic rings. The highest BCUT2D eigenvalue weighted by atomic mass is 32.2. The van der Waals surface area contributed by atoms with Gasteiger partial charge < -0.3 is 9.88 Å². The van der Waals surface area contributed by atoms with Crippen LogP contribution in [0.2, 0.25) is 0 Å². The molecule has 0 aliphatic carbocycles. The van der Waals surface area contributed by atoms with Crippen LogP contribution in [0.5, 0.6) is 0 Å². The van der Waals surface area contributed by atoms with Crippen molar-refractivity contribution in [2.24, 2.45) is 7.05 Å². The molecule has 130 valence electrons. The molecule has 2 aromatic heterocycles. The molecule has 0 saturated carbocycles. The molecule has 0 aliphatic heterocycles. The molecule has 1 N–H and O–H groups in total. The van der Waals surface area contributed by atoms with E-state index in [2.05, 4.69) is 33.9 Å². The Morgan fingerprint density at radius 3 is 2.60 bits per heavy atom. The number of amides is 1. The first kappa shape index (κ1) is 17.7. The topological polar surface area (TPSA) is 59.8 Å². The molecule has 0 fully saturated rings. The van der Waals surface area contributed by atoms with Crippen LogP contribution in [0.15, 0.2) is 34.8 Å². The minimum absolute atomic E-state index is 0.0432. The van der Waals surface area contributed by atoms with Crippen molar-refractivity contribution >= 4 is 34.7 Å². The van der Waals surface area contributed by atoms with Gasteiger partial charge in [0.05, 0.1) is 5.75 Å². The van der Waals surface area contributed by atoms with E-state index in [1.165, 1.54) is 16.6 Å². The number of aryl methyl sites for hydroxylation is 3. The van der Waals surface area contributed by atoms with Crippen molar-refractivity contribution < 1.29 is 4.79 Å². The second kappa shape index (κ2) is 7.41. The van der Waals surface area contributed by atoms with Gasteiger partial charge in [0, 0.05) is 28.6 Å². The Balaban J connectivity index is 1.66. The summed E-state index contributed by atoms with van der Waals surface area (Å²) < 4.78 is 1.93. The van der Waals surface area contributed by atoms with Crippen molar-refractivity contribution in [1.29, 1.82) is 0 Å². The summed E-state index contributed by atoms with van der Waals surface area (Å²) in [6, 6.07) is 8.07. The first-order chi connectivity index (χ1) is 12.0. The lowest BCUT2D eigenvalue weighted by molar-refractivity contribution is -0.113. The van der Waals surface area contributed by atoms with Crippen LogP contribution in [-0.2, 0) is 11.8 Å². The highest BCUT2D eigenvalue weighted by Gasteiger charge is 2.14. The number of hydrogen-bond acceptors (Lipinski definition) is 5. The van der Waals surface area contributed by atoms with Gasteiger partial charge >= 0.3 is 0 Å². The zero-order valence-corrected chi connectivity index (χ0v) is 16.3. The summed E-state index contributed by atoms with van der Waals surface area (Å²) in [4.78, 5) is 13.5. The van der Waals surface area contributed by atoms with Gasteiger partial charge in [0.2, 0.25) is 5.91 Å². The van der Waals surface area contributed by atoms with Crippen molar-refractivity contribution in [3.8, 4) is 11.4 Å². The number of nitrogens with zero attached hydrogens (tertiary/aromatic N) is 3. The smallest absolute Gasteiger partial charge is 0.234 e. The van der Waals surface area contributed by atoms with Gasteiger partial charge in [-0.1, -0.05) is 30.0 Å². The summed E-state index contributed by atoms with van der Waals surface area (Å²) in [6.07, 6.45) is 0. The predicted molar refractivity (Wildman–Crippen MR) is 104 cm³/mol. The third kappa shape index (κ3) is 3.93. The van der Waals surface area contributed by atoms with Gasteiger partial charge in [-0.2, -0.15) is 0 Å². The van der Waals surface area contributed by atoms with Crippen LogP contribution in [0.3, 0.4) is 0 Å². The lowest BCUT2D eigenvalue weighted by Gasteiger charge is -2.11. The lowest BCUT2D eigenvalue weighted by Crippen LogP contribution is -2.16. The molecule has 3 aromatic rings. The number of carbonyl (C=O) groups excluding carboxylic acids is 1. The molecule has 0 saturated heterocycles. The first-order valence-electron chi connectivity index (χ1n) is 7.89. The average Bonchev–Trinajstić information content (AvgIpc) is 3.15.